The number of thiophene rings is 1. The third kappa shape index (κ3) is 5.03. The fraction of sp³-hybridized carbons (Fsp3) is 0. The molecule has 3 heterocycles. The molecule has 12 rings (SSSR count). The molecular weight excluding hydrogens is 709 g/mol. The summed E-state index contributed by atoms with van der Waals surface area (Å²) >= 11 is 1.66. The van der Waals surface area contributed by atoms with Crippen molar-refractivity contribution in [3.63, 3.8) is 0 Å². The van der Waals surface area contributed by atoms with E-state index in [1.165, 1.54) is 0 Å². The maximum Gasteiger partial charge on any atom is 0.0645 e. The zero-order valence-electron chi connectivity index (χ0n) is 37.4. The molecule has 0 saturated carbocycles. The SMILES string of the molecule is [2H]c1c([2H])c([2H])c2c(c1[2H])c1c([2H])c(-c3ccc4c(c3)c3cc(-c5ccccc5)ccc3n4-c3ccccc3-c3ccccc3)c([2H])c([2H])c1n2-c1ccc2sc3ccccc3c2c1. The van der Waals surface area contributed by atoms with E-state index in [0.717, 1.165) is 69.9 Å². The van der Waals surface area contributed by atoms with Gasteiger partial charge in [0.1, 0.15) is 0 Å². The van der Waals surface area contributed by atoms with E-state index in [0.29, 0.717) is 11.3 Å². The van der Waals surface area contributed by atoms with Crippen LogP contribution in [0.3, 0.4) is 0 Å². The van der Waals surface area contributed by atoms with Crippen molar-refractivity contribution in [2.24, 2.45) is 0 Å². The van der Waals surface area contributed by atoms with Crippen molar-refractivity contribution < 1.29 is 9.60 Å². The second-order valence-corrected chi connectivity index (χ2v) is 15.4. The minimum Gasteiger partial charge on any atom is -0.309 e. The Balaban J connectivity index is 1.15. The normalized spacial score (nSPS) is 13.6. The molecule has 3 aromatic heterocycles. The minimum atomic E-state index is -0.419. The fourth-order valence-corrected chi connectivity index (χ4v) is 9.64. The molecule has 0 aliphatic rings. The molecular formula is C54H34N2S. The minimum absolute atomic E-state index is 0.0747. The van der Waals surface area contributed by atoms with Gasteiger partial charge in [0.2, 0.25) is 0 Å². The summed E-state index contributed by atoms with van der Waals surface area (Å²) in [4.78, 5) is 0. The van der Waals surface area contributed by atoms with E-state index in [-0.39, 0.29) is 57.6 Å². The van der Waals surface area contributed by atoms with E-state index in [2.05, 4.69) is 71.3 Å². The van der Waals surface area contributed by atoms with Crippen molar-refractivity contribution in [1.82, 2.24) is 9.13 Å². The van der Waals surface area contributed by atoms with Crippen LogP contribution >= 0.6 is 11.3 Å². The van der Waals surface area contributed by atoms with Gasteiger partial charge in [0.15, 0.2) is 0 Å². The molecule has 57 heavy (non-hydrogen) atoms. The standard InChI is InChI=1S/C54H34N2S/c1-3-13-35(14-4-1)37-23-28-51-45(31-37)46-33-39(25-29-52(46)56(51)48-20-10-7-17-41(48)36-15-5-2-6-16-36)38-24-27-50-44(32-38)42-18-8-11-21-49(42)55(50)40-26-30-54-47(34-40)43-19-9-12-22-53(43)57-54/h1-34H/i8D,11D,18D,21D,24D,27D,32D. The summed E-state index contributed by atoms with van der Waals surface area (Å²) < 4.78 is 71.5. The number of para-hydroxylation sites is 2. The monoisotopic (exact) mass is 749 g/mol. The van der Waals surface area contributed by atoms with E-state index in [1.807, 2.05) is 97.1 Å². The van der Waals surface area contributed by atoms with Gasteiger partial charge in [0.05, 0.1) is 37.3 Å². The van der Waals surface area contributed by atoms with Gasteiger partial charge in [-0.05, 0) is 101 Å². The largest absolute Gasteiger partial charge is 0.309 e. The summed E-state index contributed by atoms with van der Waals surface area (Å²) in [6, 6.07) is 53.5. The lowest BCUT2D eigenvalue weighted by Gasteiger charge is -2.14. The van der Waals surface area contributed by atoms with Crippen molar-refractivity contribution in [2.75, 3.05) is 0 Å². The van der Waals surface area contributed by atoms with Crippen LogP contribution in [0.5, 0.6) is 0 Å². The highest BCUT2D eigenvalue weighted by molar-refractivity contribution is 7.25. The molecule has 0 N–H and O–H groups in total. The molecule has 0 aliphatic carbocycles. The van der Waals surface area contributed by atoms with Gasteiger partial charge in [-0.25, -0.2) is 0 Å². The van der Waals surface area contributed by atoms with Crippen molar-refractivity contribution in [3.05, 3.63) is 206 Å². The second-order valence-electron chi connectivity index (χ2n) is 14.4. The molecule has 266 valence electrons. The molecule has 0 spiro atoms. The van der Waals surface area contributed by atoms with Crippen LogP contribution in [-0.2, 0) is 0 Å². The summed E-state index contributed by atoms with van der Waals surface area (Å²) in [5.41, 5.74) is 8.91. The third-order valence-corrected chi connectivity index (χ3v) is 12.3. The summed E-state index contributed by atoms with van der Waals surface area (Å²) in [7, 11) is 0. The lowest BCUT2D eigenvalue weighted by molar-refractivity contribution is 1.18. The summed E-state index contributed by atoms with van der Waals surface area (Å²) in [6.07, 6.45) is 0. The Hall–Kier alpha value is -7.20. The Morgan fingerprint density at radius 2 is 1.02 bits per heavy atom. The Kier molecular flexibility index (Phi) is 5.74. The maximum absolute atomic E-state index is 9.99. The molecule has 3 heteroatoms. The van der Waals surface area contributed by atoms with E-state index < -0.39 is 12.1 Å². The molecule has 0 amide bonds. The van der Waals surface area contributed by atoms with Crippen LogP contribution < -0.4 is 0 Å². The molecule has 9 aromatic carbocycles. The number of benzene rings is 9. The molecule has 0 fully saturated rings. The zero-order valence-corrected chi connectivity index (χ0v) is 31.2. The van der Waals surface area contributed by atoms with Crippen molar-refractivity contribution in [3.8, 4) is 44.8 Å². The Bertz CT molecular complexity index is 3930. The first kappa shape index (κ1) is 25.8. The predicted octanol–water partition coefficient (Wildman–Crippen LogP) is 15.2. The average molecular weight is 750 g/mol. The number of nitrogens with zero attached hydrogens (tertiary/aromatic N) is 2. The lowest BCUT2D eigenvalue weighted by Crippen LogP contribution is -1.97. The Morgan fingerprint density at radius 3 is 1.82 bits per heavy atom. The van der Waals surface area contributed by atoms with Crippen molar-refractivity contribution >= 4 is 75.1 Å². The van der Waals surface area contributed by atoms with Crippen LogP contribution in [0.15, 0.2) is 206 Å². The van der Waals surface area contributed by atoms with Crippen LogP contribution in [0.25, 0.3) is 109 Å². The number of hydrogen-bond acceptors (Lipinski definition) is 1. The summed E-state index contributed by atoms with van der Waals surface area (Å²) in [6.45, 7) is 0. The van der Waals surface area contributed by atoms with Gasteiger partial charge in [-0.2, -0.15) is 0 Å². The van der Waals surface area contributed by atoms with Crippen molar-refractivity contribution in [1.29, 1.82) is 0 Å². The molecule has 0 atom stereocenters. The molecule has 0 unspecified atom stereocenters. The van der Waals surface area contributed by atoms with Gasteiger partial charge < -0.3 is 9.13 Å². The van der Waals surface area contributed by atoms with Crippen LogP contribution in [-0.4, -0.2) is 9.13 Å². The predicted molar refractivity (Wildman–Crippen MR) is 244 cm³/mol. The van der Waals surface area contributed by atoms with Crippen LogP contribution in [0.1, 0.15) is 9.60 Å². The second kappa shape index (κ2) is 12.7. The van der Waals surface area contributed by atoms with Crippen molar-refractivity contribution in [2.45, 2.75) is 0 Å². The number of hydrogen-bond donors (Lipinski definition) is 0. The van der Waals surface area contributed by atoms with Crippen LogP contribution in [0.4, 0.5) is 0 Å². The van der Waals surface area contributed by atoms with Crippen LogP contribution in [0, 0.1) is 0 Å². The first-order valence-electron chi connectivity index (χ1n) is 22.4. The van der Waals surface area contributed by atoms with Gasteiger partial charge in [0.25, 0.3) is 0 Å². The number of aromatic nitrogens is 2. The zero-order chi connectivity index (χ0) is 43.5. The fourth-order valence-electron chi connectivity index (χ4n) is 8.55. The topological polar surface area (TPSA) is 9.86 Å². The van der Waals surface area contributed by atoms with E-state index in [1.54, 1.807) is 15.9 Å². The van der Waals surface area contributed by atoms with Gasteiger partial charge in [0, 0.05) is 53.0 Å². The van der Waals surface area contributed by atoms with E-state index in [9.17, 15) is 6.85 Å². The summed E-state index contributed by atoms with van der Waals surface area (Å²) in [5.74, 6) is 0. The number of rotatable bonds is 5. The molecule has 0 bridgehead atoms. The molecule has 0 radical (unpaired) electrons. The molecule has 2 nitrogen and oxygen atoms in total. The third-order valence-electron chi connectivity index (χ3n) is 11.2. The molecule has 0 aliphatic heterocycles. The van der Waals surface area contributed by atoms with Gasteiger partial charge in [-0.3, -0.25) is 0 Å². The van der Waals surface area contributed by atoms with Gasteiger partial charge in [-0.15, -0.1) is 11.3 Å². The first-order valence-corrected chi connectivity index (χ1v) is 19.8. The maximum atomic E-state index is 9.99. The highest BCUT2D eigenvalue weighted by Crippen LogP contribution is 2.42. The molecule has 0 saturated heterocycles. The summed E-state index contributed by atoms with van der Waals surface area (Å²) in [5, 5.41) is 4.27. The van der Waals surface area contributed by atoms with Gasteiger partial charge in [-0.1, -0.05) is 133 Å². The molecule has 12 aromatic rings. The Labute approximate surface area is 343 Å². The number of fused-ring (bicyclic) bond motifs is 9. The van der Waals surface area contributed by atoms with Gasteiger partial charge >= 0.3 is 0 Å². The quantitative estimate of drug-likeness (QED) is 0.166. The first-order chi connectivity index (χ1) is 31.2. The van der Waals surface area contributed by atoms with Crippen LogP contribution in [0.2, 0.25) is 0 Å². The highest BCUT2D eigenvalue weighted by atomic mass is 32.1. The van der Waals surface area contributed by atoms with E-state index >= 15 is 0 Å². The smallest absolute Gasteiger partial charge is 0.0645 e. The highest BCUT2D eigenvalue weighted by Gasteiger charge is 2.19. The lowest BCUT2D eigenvalue weighted by atomic mass is 9.99. The average Bonchev–Trinajstić information content (AvgIpc) is 4.00. The van der Waals surface area contributed by atoms with E-state index in [4.69, 9.17) is 2.74 Å². The Morgan fingerprint density at radius 1 is 0.368 bits per heavy atom.